The summed E-state index contributed by atoms with van der Waals surface area (Å²) in [4.78, 5) is 10.2. The summed E-state index contributed by atoms with van der Waals surface area (Å²) < 4.78 is 5.48. The largest absolute Gasteiger partial charge is 0.493 e. The smallest absolute Gasteiger partial charge is 0.273 e. The molecule has 0 radical (unpaired) electrons. The average molecular weight is 279 g/mol. The number of nitro groups is 1. The maximum absolute atomic E-state index is 10.6. The molecule has 6 heteroatoms. The number of nitrogens with one attached hydrogen (secondary N) is 1. The molecular formula is C14H21N3O3. The van der Waals surface area contributed by atoms with Crippen LogP contribution in [0.5, 0.6) is 5.75 Å². The SMILES string of the molecule is CC(C)(CCCCOc1cccc([N+](=O)[O-])c1)C(=N)N. The van der Waals surface area contributed by atoms with E-state index in [-0.39, 0.29) is 16.9 Å². The molecule has 0 aliphatic heterocycles. The first-order valence-electron chi connectivity index (χ1n) is 6.55. The predicted octanol–water partition coefficient (Wildman–Crippen LogP) is 3.11. The maximum Gasteiger partial charge on any atom is 0.273 e. The van der Waals surface area contributed by atoms with E-state index in [1.807, 2.05) is 13.8 Å². The highest BCUT2D eigenvalue weighted by Gasteiger charge is 2.20. The molecule has 0 amide bonds. The lowest BCUT2D eigenvalue weighted by Gasteiger charge is -2.22. The molecule has 1 rings (SSSR count). The van der Waals surface area contributed by atoms with Crippen molar-refractivity contribution in [3.05, 3.63) is 34.4 Å². The molecule has 6 nitrogen and oxygen atoms in total. The molecule has 3 N–H and O–H groups in total. The Morgan fingerprint density at radius 3 is 2.75 bits per heavy atom. The number of nitrogens with zero attached hydrogens (tertiary/aromatic N) is 1. The first kappa shape index (κ1) is 15.9. The van der Waals surface area contributed by atoms with E-state index >= 15 is 0 Å². The zero-order valence-corrected chi connectivity index (χ0v) is 11.9. The minimum Gasteiger partial charge on any atom is -0.493 e. The highest BCUT2D eigenvalue weighted by Crippen LogP contribution is 2.23. The summed E-state index contributed by atoms with van der Waals surface area (Å²) in [7, 11) is 0. The maximum atomic E-state index is 10.6. The van der Waals surface area contributed by atoms with E-state index < -0.39 is 4.92 Å². The minimum absolute atomic E-state index is 0.0280. The van der Waals surface area contributed by atoms with Crippen molar-refractivity contribution in [3.63, 3.8) is 0 Å². The summed E-state index contributed by atoms with van der Waals surface area (Å²) in [5.41, 5.74) is 5.25. The van der Waals surface area contributed by atoms with Gasteiger partial charge in [-0.1, -0.05) is 19.9 Å². The Kier molecular flexibility index (Phi) is 5.49. The number of hydrogen-bond donors (Lipinski definition) is 2. The van der Waals surface area contributed by atoms with Crippen molar-refractivity contribution >= 4 is 11.5 Å². The molecule has 20 heavy (non-hydrogen) atoms. The number of nitrogens with two attached hydrogens (primary N) is 1. The molecule has 0 fully saturated rings. The monoisotopic (exact) mass is 279 g/mol. The second kappa shape index (κ2) is 6.88. The second-order valence-corrected chi connectivity index (χ2v) is 5.36. The number of nitro benzene ring substituents is 1. The molecule has 0 atom stereocenters. The third-order valence-electron chi connectivity index (χ3n) is 3.22. The van der Waals surface area contributed by atoms with Crippen LogP contribution in [0.15, 0.2) is 24.3 Å². The highest BCUT2D eigenvalue weighted by molar-refractivity contribution is 5.82. The molecule has 0 heterocycles. The van der Waals surface area contributed by atoms with Gasteiger partial charge >= 0.3 is 0 Å². The van der Waals surface area contributed by atoms with Gasteiger partial charge in [0.2, 0.25) is 0 Å². The van der Waals surface area contributed by atoms with Crippen LogP contribution in [0.2, 0.25) is 0 Å². The highest BCUT2D eigenvalue weighted by atomic mass is 16.6. The third-order valence-corrected chi connectivity index (χ3v) is 3.22. The summed E-state index contributed by atoms with van der Waals surface area (Å²) in [6.45, 7) is 4.38. The first-order valence-corrected chi connectivity index (χ1v) is 6.55. The zero-order chi connectivity index (χ0) is 15.2. The van der Waals surface area contributed by atoms with E-state index in [0.717, 1.165) is 19.3 Å². The van der Waals surface area contributed by atoms with Gasteiger partial charge in [-0.05, 0) is 25.3 Å². The van der Waals surface area contributed by atoms with Crippen molar-refractivity contribution in [2.75, 3.05) is 6.61 Å². The van der Waals surface area contributed by atoms with Crippen molar-refractivity contribution in [1.82, 2.24) is 0 Å². The van der Waals surface area contributed by atoms with Gasteiger partial charge in [0.05, 0.1) is 23.4 Å². The fourth-order valence-electron chi connectivity index (χ4n) is 1.68. The molecule has 1 aromatic rings. The van der Waals surface area contributed by atoms with Gasteiger partial charge in [-0.25, -0.2) is 0 Å². The number of hydrogen-bond acceptors (Lipinski definition) is 4. The van der Waals surface area contributed by atoms with E-state index in [2.05, 4.69) is 0 Å². The topological polar surface area (TPSA) is 102 Å². The molecule has 0 aliphatic carbocycles. The van der Waals surface area contributed by atoms with E-state index in [0.29, 0.717) is 12.4 Å². The van der Waals surface area contributed by atoms with Gasteiger partial charge in [0.25, 0.3) is 5.69 Å². The van der Waals surface area contributed by atoms with E-state index in [9.17, 15) is 10.1 Å². The molecule has 110 valence electrons. The zero-order valence-electron chi connectivity index (χ0n) is 11.9. The van der Waals surface area contributed by atoms with Crippen LogP contribution in [0.3, 0.4) is 0 Å². The molecule has 0 saturated carbocycles. The second-order valence-electron chi connectivity index (χ2n) is 5.36. The number of amidine groups is 1. The van der Waals surface area contributed by atoms with Crippen molar-refractivity contribution < 1.29 is 9.66 Å². The molecule has 0 aromatic heterocycles. The van der Waals surface area contributed by atoms with E-state index in [4.69, 9.17) is 15.9 Å². The van der Waals surface area contributed by atoms with Crippen molar-refractivity contribution in [3.8, 4) is 5.75 Å². The Bertz CT molecular complexity index is 486. The van der Waals surface area contributed by atoms with Crippen molar-refractivity contribution in [1.29, 1.82) is 5.41 Å². The van der Waals surface area contributed by atoms with Crippen LogP contribution in [0.1, 0.15) is 33.1 Å². The van der Waals surface area contributed by atoms with Crippen LogP contribution in [-0.2, 0) is 0 Å². The van der Waals surface area contributed by atoms with E-state index in [1.165, 1.54) is 12.1 Å². The Labute approximate surface area is 118 Å². The van der Waals surface area contributed by atoms with Gasteiger partial charge < -0.3 is 10.5 Å². The van der Waals surface area contributed by atoms with Crippen LogP contribution < -0.4 is 10.5 Å². The molecular weight excluding hydrogens is 258 g/mol. The quantitative estimate of drug-likeness (QED) is 0.251. The Balaban J connectivity index is 2.33. The number of non-ortho nitro benzene ring substituents is 1. The standard InChI is InChI=1S/C14H21N3O3/c1-14(2,13(15)16)8-3-4-9-20-12-7-5-6-11(10-12)17(18)19/h5-7,10H,3-4,8-9H2,1-2H3,(H3,15,16). The normalized spacial score (nSPS) is 11.1. The molecule has 0 unspecified atom stereocenters. The number of benzene rings is 1. The third kappa shape index (κ3) is 4.87. The summed E-state index contributed by atoms with van der Waals surface area (Å²) in [5, 5.41) is 18.1. The van der Waals surface area contributed by atoms with Crippen molar-refractivity contribution in [2.24, 2.45) is 11.1 Å². The number of ether oxygens (including phenoxy) is 1. The Morgan fingerprint density at radius 1 is 1.45 bits per heavy atom. The number of unbranched alkanes of at least 4 members (excludes halogenated alkanes) is 1. The van der Waals surface area contributed by atoms with Crippen LogP contribution in [0.4, 0.5) is 5.69 Å². The lowest BCUT2D eigenvalue weighted by atomic mass is 9.86. The number of rotatable bonds is 8. The van der Waals surface area contributed by atoms with Gasteiger partial charge in [0.15, 0.2) is 0 Å². The Morgan fingerprint density at radius 2 is 2.15 bits per heavy atom. The van der Waals surface area contributed by atoms with Gasteiger partial charge in [-0.2, -0.15) is 0 Å². The lowest BCUT2D eigenvalue weighted by Crippen LogP contribution is -2.30. The molecule has 1 aromatic carbocycles. The molecule has 0 aliphatic rings. The van der Waals surface area contributed by atoms with Gasteiger partial charge in [0, 0.05) is 11.5 Å². The fourth-order valence-corrected chi connectivity index (χ4v) is 1.68. The molecule has 0 bridgehead atoms. The fraction of sp³-hybridized carbons (Fsp3) is 0.500. The van der Waals surface area contributed by atoms with Crippen LogP contribution in [-0.4, -0.2) is 17.4 Å². The molecule has 0 spiro atoms. The summed E-state index contributed by atoms with van der Waals surface area (Å²) in [6.07, 6.45) is 2.53. The predicted molar refractivity (Wildman–Crippen MR) is 78.1 cm³/mol. The van der Waals surface area contributed by atoms with Crippen LogP contribution in [0, 0.1) is 20.9 Å². The Hall–Kier alpha value is -2.11. The summed E-state index contributed by atoms with van der Waals surface area (Å²) in [5.74, 6) is 0.696. The van der Waals surface area contributed by atoms with E-state index in [1.54, 1.807) is 12.1 Å². The lowest BCUT2D eigenvalue weighted by molar-refractivity contribution is -0.384. The summed E-state index contributed by atoms with van der Waals surface area (Å²) >= 11 is 0. The van der Waals surface area contributed by atoms with Gasteiger partial charge in [-0.3, -0.25) is 15.5 Å². The minimum atomic E-state index is -0.442. The first-order chi connectivity index (χ1) is 9.33. The van der Waals surface area contributed by atoms with Crippen LogP contribution >= 0.6 is 0 Å². The van der Waals surface area contributed by atoms with Gasteiger partial charge in [-0.15, -0.1) is 0 Å². The average Bonchev–Trinajstić information content (AvgIpc) is 2.38. The summed E-state index contributed by atoms with van der Waals surface area (Å²) in [6, 6.07) is 6.15. The van der Waals surface area contributed by atoms with Crippen LogP contribution in [0.25, 0.3) is 0 Å². The van der Waals surface area contributed by atoms with Crippen molar-refractivity contribution in [2.45, 2.75) is 33.1 Å². The molecule has 0 saturated heterocycles. The van der Waals surface area contributed by atoms with Gasteiger partial charge in [0.1, 0.15) is 5.75 Å².